The number of rotatable bonds is 5. The minimum atomic E-state index is 0.540. The van der Waals surface area contributed by atoms with Crippen molar-refractivity contribution >= 4 is 11.3 Å². The summed E-state index contributed by atoms with van der Waals surface area (Å²) < 4.78 is 0. The zero-order chi connectivity index (χ0) is 10.6. The highest BCUT2D eigenvalue weighted by molar-refractivity contribution is 7.10. The van der Waals surface area contributed by atoms with E-state index in [1.807, 2.05) is 11.3 Å². The Hall–Kier alpha value is -0.380. The Labute approximate surface area is 90.7 Å². The molecule has 3 heteroatoms. The van der Waals surface area contributed by atoms with E-state index in [1.54, 1.807) is 0 Å². The molecule has 1 atom stereocenters. The SMILES string of the molecule is Cc1ccsc1C(CCCN)N(C)C. The fourth-order valence-corrected chi connectivity index (χ4v) is 2.82. The monoisotopic (exact) mass is 212 g/mol. The maximum absolute atomic E-state index is 5.55. The summed E-state index contributed by atoms with van der Waals surface area (Å²) in [6.07, 6.45) is 2.26. The lowest BCUT2D eigenvalue weighted by Gasteiger charge is -2.24. The van der Waals surface area contributed by atoms with Gasteiger partial charge in [0.1, 0.15) is 0 Å². The molecule has 2 nitrogen and oxygen atoms in total. The fraction of sp³-hybridized carbons (Fsp3) is 0.636. The van der Waals surface area contributed by atoms with Crippen LogP contribution in [0, 0.1) is 6.92 Å². The van der Waals surface area contributed by atoms with E-state index in [1.165, 1.54) is 10.4 Å². The summed E-state index contributed by atoms with van der Waals surface area (Å²) in [5, 5.41) is 2.17. The molecule has 1 rings (SSSR count). The number of hydrogen-bond acceptors (Lipinski definition) is 3. The first-order chi connectivity index (χ1) is 6.66. The minimum absolute atomic E-state index is 0.540. The van der Waals surface area contributed by atoms with Crippen LogP contribution in [0.25, 0.3) is 0 Å². The molecule has 2 N–H and O–H groups in total. The van der Waals surface area contributed by atoms with Crippen molar-refractivity contribution in [1.82, 2.24) is 4.90 Å². The topological polar surface area (TPSA) is 29.3 Å². The molecule has 1 unspecified atom stereocenters. The van der Waals surface area contributed by atoms with E-state index in [2.05, 4.69) is 37.4 Å². The van der Waals surface area contributed by atoms with Gasteiger partial charge in [-0.1, -0.05) is 0 Å². The Bertz CT molecular complexity index is 268. The van der Waals surface area contributed by atoms with E-state index in [0.717, 1.165) is 19.4 Å². The molecule has 0 saturated heterocycles. The third-order valence-corrected chi connectivity index (χ3v) is 3.63. The van der Waals surface area contributed by atoms with Crippen LogP contribution in [0.3, 0.4) is 0 Å². The molecule has 1 aromatic heterocycles. The molecule has 0 radical (unpaired) electrons. The van der Waals surface area contributed by atoms with Crippen molar-refractivity contribution in [3.05, 3.63) is 21.9 Å². The van der Waals surface area contributed by atoms with Crippen molar-refractivity contribution in [2.45, 2.75) is 25.8 Å². The van der Waals surface area contributed by atoms with Crippen LogP contribution in [-0.4, -0.2) is 25.5 Å². The number of nitrogens with zero attached hydrogens (tertiary/aromatic N) is 1. The molecule has 0 spiro atoms. The highest BCUT2D eigenvalue weighted by Crippen LogP contribution is 2.30. The number of nitrogens with two attached hydrogens (primary N) is 1. The quantitative estimate of drug-likeness (QED) is 0.812. The standard InChI is InChI=1S/C11H20N2S/c1-9-6-8-14-11(9)10(13(2)3)5-4-7-12/h6,8,10H,4-5,7,12H2,1-3H3. The van der Waals surface area contributed by atoms with Crippen LogP contribution in [0.15, 0.2) is 11.4 Å². The lowest BCUT2D eigenvalue weighted by atomic mass is 10.1. The zero-order valence-electron chi connectivity index (χ0n) is 9.29. The Balaban J connectivity index is 2.73. The molecule has 0 aromatic carbocycles. The van der Waals surface area contributed by atoms with Gasteiger partial charge in [-0.05, 0) is 57.4 Å². The van der Waals surface area contributed by atoms with Gasteiger partial charge in [0, 0.05) is 10.9 Å². The molecule has 0 aliphatic carbocycles. The van der Waals surface area contributed by atoms with Crippen molar-refractivity contribution in [2.75, 3.05) is 20.6 Å². The first-order valence-electron chi connectivity index (χ1n) is 5.07. The fourth-order valence-electron chi connectivity index (χ4n) is 1.66. The summed E-state index contributed by atoms with van der Waals surface area (Å²) in [5.74, 6) is 0. The molecule has 0 bridgehead atoms. The summed E-state index contributed by atoms with van der Waals surface area (Å²) in [5.41, 5.74) is 6.96. The highest BCUT2D eigenvalue weighted by Gasteiger charge is 2.16. The van der Waals surface area contributed by atoms with Crippen LogP contribution in [0.2, 0.25) is 0 Å². The summed E-state index contributed by atoms with van der Waals surface area (Å²) in [4.78, 5) is 3.78. The molecule has 0 amide bonds. The van der Waals surface area contributed by atoms with E-state index in [-0.39, 0.29) is 0 Å². The zero-order valence-corrected chi connectivity index (χ0v) is 10.1. The van der Waals surface area contributed by atoms with Crippen molar-refractivity contribution < 1.29 is 0 Å². The Kier molecular flexibility index (Phi) is 4.58. The predicted octanol–water partition coefficient (Wildman–Crippen LogP) is 2.40. The van der Waals surface area contributed by atoms with E-state index in [0.29, 0.717) is 6.04 Å². The van der Waals surface area contributed by atoms with Crippen LogP contribution < -0.4 is 5.73 Å². The summed E-state index contributed by atoms with van der Waals surface area (Å²) >= 11 is 1.85. The Morgan fingerprint density at radius 3 is 2.64 bits per heavy atom. The molecular weight excluding hydrogens is 192 g/mol. The average molecular weight is 212 g/mol. The molecule has 14 heavy (non-hydrogen) atoms. The van der Waals surface area contributed by atoms with Crippen molar-refractivity contribution in [3.8, 4) is 0 Å². The van der Waals surface area contributed by atoms with Crippen molar-refractivity contribution in [1.29, 1.82) is 0 Å². The van der Waals surface area contributed by atoms with Crippen LogP contribution in [0.4, 0.5) is 0 Å². The second-order valence-corrected chi connectivity index (χ2v) is 4.83. The Morgan fingerprint density at radius 1 is 1.50 bits per heavy atom. The lowest BCUT2D eigenvalue weighted by molar-refractivity contribution is 0.284. The lowest BCUT2D eigenvalue weighted by Crippen LogP contribution is -2.20. The first-order valence-corrected chi connectivity index (χ1v) is 5.95. The highest BCUT2D eigenvalue weighted by atomic mass is 32.1. The first kappa shape index (κ1) is 11.7. The normalized spacial score (nSPS) is 13.5. The van der Waals surface area contributed by atoms with E-state index >= 15 is 0 Å². The van der Waals surface area contributed by atoms with Gasteiger partial charge in [0.25, 0.3) is 0 Å². The van der Waals surface area contributed by atoms with E-state index in [9.17, 15) is 0 Å². The van der Waals surface area contributed by atoms with Gasteiger partial charge in [0.05, 0.1) is 0 Å². The van der Waals surface area contributed by atoms with Crippen LogP contribution in [-0.2, 0) is 0 Å². The predicted molar refractivity (Wildman–Crippen MR) is 63.8 cm³/mol. The van der Waals surface area contributed by atoms with Crippen molar-refractivity contribution in [2.24, 2.45) is 5.73 Å². The third-order valence-electron chi connectivity index (χ3n) is 2.51. The molecule has 1 heterocycles. The molecule has 80 valence electrons. The van der Waals surface area contributed by atoms with Crippen LogP contribution in [0.1, 0.15) is 29.3 Å². The second-order valence-electron chi connectivity index (χ2n) is 3.88. The number of aryl methyl sites for hydroxylation is 1. The van der Waals surface area contributed by atoms with Crippen LogP contribution >= 0.6 is 11.3 Å². The van der Waals surface area contributed by atoms with Gasteiger partial charge < -0.3 is 10.6 Å². The largest absolute Gasteiger partial charge is 0.330 e. The van der Waals surface area contributed by atoms with Crippen molar-refractivity contribution in [3.63, 3.8) is 0 Å². The number of thiophene rings is 1. The molecule has 0 saturated carbocycles. The Morgan fingerprint density at radius 2 is 2.21 bits per heavy atom. The van der Waals surface area contributed by atoms with Gasteiger partial charge in [-0.25, -0.2) is 0 Å². The maximum atomic E-state index is 5.55. The van der Waals surface area contributed by atoms with Gasteiger partial charge in [0.2, 0.25) is 0 Å². The average Bonchev–Trinajstić information content (AvgIpc) is 2.52. The van der Waals surface area contributed by atoms with Crippen LogP contribution in [0.5, 0.6) is 0 Å². The third kappa shape index (κ3) is 2.80. The summed E-state index contributed by atoms with van der Waals surface area (Å²) in [6, 6.07) is 2.73. The van der Waals surface area contributed by atoms with E-state index < -0.39 is 0 Å². The van der Waals surface area contributed by atoms with Gasteiger partial charge >= 0.3 is 0 Å². The molecule has 0 aliphatic rings. The molecular formula is C11H20N2S. The number of hydrogen-bond donors (Lipinski definition) is 1. The van der Waals surface area contributed by atoms with Gasteiger partial charge in [0.15, 0.2) is 0 Å². The smallest absolute Gasteiger partial charge is 0.0438 e. The molecule has 0 aliphatic heterocycles. The van der Waals surface area contributed by atoms with Gasteiger partial charge in [-0.2, -0.15) is 0 Å². The second kappa shape index (κ2) is 5.49. The maximum Gasteiger partial charge on any atom is 0.0438 e. The minimum Gasteiger partial charge on any atom is -0.330 e. The molecule has 1 aromatic rings. The summed E-state index contributed by atoms with van der Waals surface area (Å²) in [6.45, 7) is 2.97. The summed E-state index contributed by atoms with van der Waals surface area (Å²) in [7, 11) is 4.28. The van der Waals surface area contributed by atoms with Gasteiger partial charge in [-0.15, -0.1) is 11.3 Å². The molecule has 0 fully saturated rings. The van der Waals surface area contributed by atoms with Gasteiger partial charge in [-0.3, -0.25) is 0 Å². The van der Waals surface area contributed by atoms with E-state index in [4.69, 9.17) is 5.73 Å².